The molecule has 1 heterocycles. The van der Waals surface area contributed by atoms with Gasteiger partial charge >= 0.3 is 6.18 Å². The van der Waals surface area contributed by atoms with E-state index in [9.17, 15) is 18.0 Å². The summed E-state index contributed by atoms with van der Waals surface area (Å²) in [5.74, 6) is -0.161. The van der Waals surface area contributed by atoms with E-state index < -0.39 is 25.3 Å². The Hall–Kier alpha value is -0.820. The van der Waals surface area contributed by atoms with E-state index >= 15 is 0 Å². The van der Waals surface area contributed by atoms with Gasteiger partial charge in [0.2, 0.25) is 5.91 Å². The van der Waals surface area contributed by atoms with Crippen LogP contribution in [0.4, 0.5) is 13.2 Å². The van der Waals surface area contributed by atoms with E-state index in [2.05, 4.69) is 22.3 Å². The smallest absolute Gasteiger partial charge is 0.362 e. The van der Waals surface area contributed by atoms with Crippen LogP contribution in [0.25, 0.3) is 0 Å². The van der Waals surface area contributed by atoms with Crippen LogP contribution in [0.1, 0.15) is 19.8 Å². The molecule has 1 aliphatic heterocycles. The molecule has 7 heteroatoms. The van der Waals surface area contributed by atoms with Crippen molar-refractivity contribution in [3.63, 3.8) is 0 Å². The SMILES string of the molecule is CC1CCC(CNC(=O)COCC(F)(F)F)CN1. The summed E-state index contributed by atoms with van der Waals surface area (Å²) in [5, 5.41) is 5.87. The molecule has 1 fully saturated rings. The lowest BCUT2D eigenvalue weighted by Crippen LogP contribution is -2.42. The normalized spacial score (nSPS) is 24.9. The highest BCUT2D eigenvalue weighted by atomic mass is 19.4. The van der Waals surface area contributed by atoms with Gasteiger partial charge in [-0.1, -0.05) is 0 Å². The molecule has 0 aromatic heterocycles. The van der Waals surface area contributed by atoms with E-state index in [0.29, 0.717) is 18.5 Å². The van der Waals surface area contributed by atoms with E-state index in [-0.39, 0.29) is 0 Å². The van der Waals surface area contributed by atoms with Crippen LogP contribution in [0, 0.1) is 5.92 Å². The average molecular weight is 268 g/mol. The Bertz CT molecular complexity index is 264. The topological polar surface area (TPSA) is 50.4 Å². The maximum atomic E-state index is 11.8. The lowest BCUT2D eigenvalue weighted by atomic mass is 9.95. The van der Waals surface area contributed by atoms with E-state index in [1.165, 1.54) is 0 Å². The number of nitrogens with one attached hydrogen (secondary N) is 2. The largest absolute Gasteiger partial charge is 0.411 e. The average Bonchev–Trinajstić information content (AvgIpc) is 2.26. The van der Waals surface area contributed by atoms with Crippen molar-refractivity contribution in [1.82, 2.24) is 10.6 Å². The Morgan fingerprint density at radius 2 is 2.17 bits per heavy atom. The molecule has 4 nitrogen and oxygen atoms in total. The van der Waals surface area contributed by atoms with Crippen molar-refractivity contribution in [3.8, 4) is 0 Å². The number of carbonyl (C=O) groups is 1. The van der Waals surface area contributed by atoms with E-state index in [1.807, 2.05) is 0 Å². The van der Waals surface area contributed by atoms with Gasteiger partial charge in [0.15, 0.2) is 0 Å². The number of rotatable bonds is 5. The minimum absolute atomic E-state index is 0.341. The van der Waals surface area contributed by atoms with Crippen molar-refractivity contribution in [2.45, 2.75) is 32.0 Å². The highest BCUT2D eigenvalue weighted by Crippen LogP contribution is 2.14. The first-order valence-corrected chi connectivity index (χ1v) is 6.01. The molecule has 0 aliphatic carbocycles. The number of halogens is 3. The predicted octanol–water partition coefficient (Wildman–Crippen LogP) is 1.07. The van der Waals surface area contributed by atoms with Crippen LogP contribution in [0.15, 0.2) is 0 Å². The van der Waals surface area contributed by atoms with Gasteiger partial charge in [-0.3, -0.25) is 4.79 Å². The molecular formula is C11H19F3N2O2. The zero-order valence-electron chi connectivity index (χ0n) is 10.3. The van der Waals surface area contributed by atoms with Crippen LogP contribution in [0.3, 0.4) is 0 Å². The van der Waals surface area contributed by atoms with Gasteiger partial charge < -0.3 is 15.4 Å². The van der Waals surface area contributed by atoms with Crippen molar-refractivity contribution < 1.29 is 22.7 Å². The number of ether oxygens (including phenoxy) is 1. The van der Waals surface area contributed by atoms with E-state index in [0.717, 1.165) is 19.4 Å². The minimum atomic E-state index is -4.39. The second-order valence-electron chi connectivity index (χ2n) is 4.66. The van der Waals surface area contributed by atoms with Crippen molar-refractivity contribution in [2.75, 3.05) is 26.3 Å². The van der Waals surface area contributed by atoms with Gasteiger partial charge in [0.05, 0.1) is 0 Å². The summed E-state index contributed by atoms with van der Waals surface area (Å²) in [6.07, 6.45) is -2.33. The molecule has 0 aromatic carbocycles. The molecule has 2 unspecified atom stereocenters. The number of hydrogen-bond donors (Lipinski definition) is 2. The van der Waals surface area contributed by atoms with Gasteiger partial charge in [-0.25, -0.2) is 0 Å². The van der Waals surface area contributed by atoms with Crippen molar-refractivity contribution in [2.24, 2.45) is 5.92 Å². The molecule has 1 saturated heterocycles. The fourth-order valence-electron chi connectivity index (χ4n) is 1.80. The Balaban J connectivity index is 2.06. The maximum absolute atomic E-state index is 11.8. The van der Waals surface area contributed by atoms with Crippen LogP contribution in [0.5, 0.6) is 0 Å². The third-order valence-electron chi connectivity index (χ3n) is 2.85. The van der Waals surface area contributed by atoms with Crippen LogP contribution in [-0.4, -0.2) is 44.4 Å². The lowest BCUT2D eigenvalue weighted by Gasteiger charge is -2.27. The second kappa shape index (κ2) is 6.94. The summed E-state index contributed by atoms with van der Waals surface area (Å²) in [7, 11) is 0. The van der Waals surface area contributed by atoms with Crippen molar-refractivity contribution in [3.05, 3.63) is 0 Å². The molecule has 1 rings (SSSR count). The number of piperidine rings is 1. The Labute approximate surface area is 104 Å². The third kappa shape index (κ3) is 6.80. The Morgan fingerprint density at radius 1 is 1.44 bits per heavy atom. The standard InChI is InChI=1S/C11H19F3N2O2/c1-8-2-3-9(4-15-8)5-16-10(17)6-18-7-11(12,13)14/h8-9,15H,2-7H2,1H3,(H,16,17). The molecule has 2 atom stereocenters. The minimum Gasteiger partial charge on any atom is -0.362 e. The molecule has 1 aliphatic rings. The summed E-state index contributed by atoms with van der Waals surface area (Å²) in [4.78, 5) is 11.2. The summed E-state index contributed by atoms with van der Waals surface area (Å²) >= 11 is 0. The van der Waals surface area contributed by atoms with Gasteiger partial charge in [-0.15, -0.1) is 0 Å². The number of carbonyl (C=O) groups excluding carboxylic acids is 1. The predicted molar refractivity (Wildman–Crippen MR) is 60.1 cm³/mol. The summed E-state index contributed by atoms with van der Waals surface area (Å²) in [6.45, 7) is 1.47. The Kier molecular flexibility index (Phi) is 5.87. The van der Waals surface area contributed by atoms with Gasteiger partial charge in [-0.05, 0) is 32.2 Å². The van der Waals surface area contributed by atoms with Crippen molar-refractivity contribution >= 4 is 5.91 Å². The molecule has 106 valence electrons. The van der Waals surface area contributed by atoms with Crippen molar-refractivity contribution in [1.29, 1.82) is 0 Å². The first kappa shape index (κ1) is 15.2. The number of alkyl halides is 3. The fourth-order valence-corrected chi connectivity index (χ4v) is 1.80. The molecule has 1 amide bonds. The van der Waals surface area contributed by atoms with Crippen LogP contribution >= 0.6 is 0 Å². The summed E-state index contributed by atoms with van der Waals surface area (Å²) in [5.41, 5.74) is 0. The first-order chi connectivity index (χ1) is 8.37. The monoisotopic (exact) mass is 268 g/mol. The molecule has 0 spiro atoms. The zero-order valence-corrected chi connectivity index (χ0v) is 10.3. The summed E-state index contributed by atoms with van der Waals surface area (Å²) < 4.78 is 39.5. The van der Waals surface area contributed by atoms with Gasteiger partial charge in [0, 0.05) is 12.6 Å². The van der Waals surface area contributed by atoms with Gasteiger partial charge in [-0.2, -0.15) is 13.2 Å². The van der Waals surface area contributed by atoms with Crippen LogP contribution < -0.4 is 10.6 Å². The molecule has 0 aromatic rings. The fraction of sp³-hybridized carbons (Fsp3) is 0.909. The molecule has 18 heavy (non-hydrogen) atoms. The molecular weight excluding hydrogens is 249 g/mol. The Morgan fingerprint density at radius 3 is 2.72 bits per heavy atom. The highest BCUT2D eigenvalue weighted by molar-refractivity contribution is 5.77. The van der Waals surface area contributed by atoms with Crippen LogP contribution in [-0.2, 0) is 9.53 Å². The van der Waals surface area contributed by atoms with Gasteiger partial charge in [0.25, 0.3) is 0 Å². The molecule has 0 radical (unpaired) electrons. The number of amides is 1. The van der Waals surface area contributed by atoms with E-state index in [1.54, 1.807) is 0 Å². The third-order valence-corrected chi connectivity index (χ3v) is 2.85. The first-order valence-electron chi connectivity index (χ1n) is 6.01. The summed E-state index contributed by atoms with van der Waals surface area (Å²) in [6, 6.07) is 0.493. The maximum Gasteiger partial charge on any atom is 0.411 e. The number of hydrogen-bond acceptors (Lipinski definition) is 3. The van der Waals surface area contributed by atoms with Gasteiger partial charge in [0.1, 0.15) is 13.2 Å². The lowest BCUT2D eigenvalue weighted by molar-refractivity contribution is -0.175. The molecule has 0 saturated carbocycles. The van der Waals surface area contributed by atoms with Crippen LogP contribution in [0.2, 0.25) is 0 Å². The molecule has 0 bridgehead atoms. The highest BCUT2D eigenvalue weighted by Gasteiger charge is 2.27. The second-order valence-corrected chi connectivity index (χ2v) is 4.66. The molecule has 2 N–H and O–H groups in total. The van der Waals surface area contributed by atoms with E-state index in [4.69, 9.17) is 0 Å². The quantitative estimate of drug-likeness (QED) is 0.784. The zero-order chi connectivity index (χ0) is 13.6.